The van der Waals surface area contributed by atoms with Crippen molar-refractivity contribution in [3.8, 4) is 11.3 Å². The van der Waals surface area contributed by atoms with Crippen molar-refractivity contribution in [1.82, 2.24) is 20.1 Å². The number of imide groups is 1. The fourth-order valence-electron chi connectivity index (χ4n) is 6.64. The van der Waals surface area contributed by atoms with Crippen LogP contribution in [0.5, 0.6) is 0 Å². The van der Waals surface area contributed by atoms with E-state index in [9.17, 15) is 14.4 Å². The quantitative estimate of drug-likeness (QED) is 0.508. The highest BCUT2D eigenvalue weighted by atomic mass is 19.1. The number of hydrogen-bond acceptors (Lipinski definition) is 6. The minimum Gasteiger partial charge on any atom is -0.365 e. The van der Waals surface area contributed by atoms with Crippen LogP contribution in [0.1, 0.15) is 58.3 Å². The number of amides is 3. The Morgan fingerprint density at radius 2 is 1.88 bits per heavy atom. The number of rotatable bonds is 4. The molecule has 2 fully saturated rings. The van der Waals surface area contributed by atoms with Crippen molar-refractivity contribution in [2.75, 3.05) is 13.1 Å². The number of pyridine rings is 1. The molecule has 204 valence electrons. The predicted molar refractivity (Wildman–Crippen MR) is 143 cm³/mol. The standard InChI is InChI=1S/C31H29FN4O4/c32-27-20(16-35-13-10-31(11-14-35)24-4-2-1-3-21(24)18-40-31)9-12-33-28(27)19-5-6-23-22(15-19)17-36(30(23)39)25-7-8-26(37)34-29(25)38/h1-6,9,12,15,25H,7-8,10-11,13-14,16-18H2,(H,34,37,38). The van der Waals surface area contributed by atoms with Crippen LogP contribution in [0.4, 0.5) is 4.39 Å². The second kappa shape index (κ2) is 9.60. The molecule has 3 amide bonds. The molecule has 5 heterocycles. The van der Waals surface area contributed by atoms with Crippen LogP contribution in [-0.2, 0) is 39.6 Å². The van der Waals surface area contributed by atoms with Gasteiger partial charge in [-0.15, -0.1) is 0 Å². The molecule has 2 saturated heterocycles. The van der Waals surface area contributed by atoms with E-state index in [0.717, 1.165) is 31.5 Å². The molecule has 1 N–H and O–H groups in total. The summed E-state index contributed by atoms with van der Waals surface area (Å²) in [5.41, 5.74) is 4.93. The molecule has 0 aliphatic carbocycles. The largest absolute Gasteiger partial charge is 0.365 e. The van der Waals surface area contributed by atoms with Gasteiger partial charge < -0.3 is 9.64 Å². The van der Waals surface area contributed by atoms with Crippen LogP contribution in [-0.4, -0.2) is 51.6 Å². The number of hydrogen-bond donors (Lipinski definition) is 1. The van der Waals surface area contributed by atoms with Crippen LogP contribution in [0, 0.1) is 5.82 Å². The zero-order chi connectivity index (χ0) is 27.4. The summed E-state index contributed by atoms with van der Waals surface area (Å²) < 4.78 is 22.1. The zero-order valence-corrected chi connectivity index (χ0v) is 22.0. The number of aromatic nitrogens is 1. The van der Waals surface area contributed by atoms with E-state index in [1.54, 1.807) is 30.5 Å². The Bertz CT molecular complexity index is 1550. The van der Waals surface area contributed by atoms with Gasteiger partial charge in [0, 0.05) is 55.5 Å². The number of benzene rings is 2. The minimum absolute atomic E-state index is 0.196. The van der Waals surface area contributed by atoms with Gasteiger partial charge in [0.15, 0.2) is 5.82 Å². The molecule has 0 radical (unpaired) electrons. The average molecular weight is 541 g/mol. The molecule has 1 atom stereocenters. The molecule has 1 aromatic heterocycles. The molecule has 40 heavy (non-hydrogen) atoms. The second-order valence-electron chi connectivity index (χ2n) is 11.1. The van der Waals surface area contributed by atoms with Crippen LogP contribution in [0.3, 0.4) is 0 Å². The molecule has 1 unspecified atom stereocenters. The van der Waals surface area contributed by atoms with E-state index in [-0.39, 0.29) is 41.9 Å². The van der Waals surface area contributed by atoms with Gasteiger partial charge in [-0.05, 0) is 54.2 Å². The van der Waals surface area contributed by atoms with Crippen molar-refractivity contribution in [2.45, 2.75) is 57.0 Å². The van der Waals surface area contributed by atoms with Gasteiger partial charge in [0.25, 0.3) is 5.91 Å². The number of likely N-dealkylation sites (tertiary alicyclic amines) is 1. The van der Waals surface area contributed by atoms with E-state index < -0.39 is 11.9 Å². The summed E-state index contributed by atoms with van der Waals surface area (Å²) in [6, 6.07) is 14.6. The maximum absolute atomic E-state index is 15.8. The first-order valence-corrected chi connectivity index (χ1v) is 13.8. The number of nitrogens with one attached hydrogen (secondary N) is 1. The van der Waals surface area contributed by atoms with Crippen molar-refractivity contribution < 1.29 is 23.5 Å². The Kier molecular flexibility index (Phi) is 6.01. The Hall–Kier alpha value is -3.95. The van der Waals surface area contributed by atoms with E-state index >= 15 is 4.39 Å². The molecule has 4 aliphatic heterocycles. The third-order valence-corrected chi connectivity index (χ3v) is 8.84. The van der Waals surface area contributed by atoms with E-state index in [1.807, 2.05) is 6.07 Å². The van der Waals surface area contributed by atoms with Gasteiger partial charge in [-0.25, -0.2) is 4.39 Å². The number of piperidine rings is 2. The summed E-state index contributed by atoms with van der Waals surface area (Å²) in [5, 5.41) is 2.31. The summed E-state index contributed by atoms with van der Waals surface area (Å²) in [4.78, 5) is 45.0. The number of halogens is 1. The molecule has 9 heteroatoms. The van der Waals surface area contributed by atoms with Gasteiger partial charge in [-0.1, -0.05) is 30.3 Å². The molecule has 2 aromatic carbocycles. The van der Waals surface area contributed by atoms with Crippen LogP contribution < -0.4 is 5.32 Å². The van der Waals surface area contributed by atoms with Crippen LogP contribution in [0.15, 0.2) is 54.7 Å². The molecule has 0 bridgehead atoms. The van der Waals surface area contributed by atoms with E-state index in [0.29, 0.717) is 36.3 Å². The third kappa shape index (κ3) is 4.12. The lowest BCUT2D eigenvalue weighted by Crippen LogP contribution is -2.52. The second-order valence-corrected chi connectivity index (χ2v) is 11.1. The summed E-state index contributed by atoms with van der Waals surface area (Å²) in [7, 11) is 0. The van der Waals surface area contributed by atoms with Crippen LogP contribution in [0.25, 0.3) is 11.3 Å². The molecule has 4 aliphatic rings. The highest BCUT2D eigenvalue weighted by Crippen LogP contribution is 2.44. The van der Waals surface area contributed by atoms with Gasteiger partial charge in [0.2, 0.25) is 11.8 Å². The zero-order valence-electron chi connectivity index (χ0n) is 22.0. The van der Waals surface area contributed by atoms with Gasteiger partial charge in [-0.3, -0.25) is 29.6 Å². The lowest BCUT2D eigenvalue weighted by Gasteiger charge is -2.39. The summed E-state index contributed by atoms with van der Waals surface area (Å²) in [5.74, 6) is -1.40. The average Bonchev–Trinajstić information content (AvgIpc) is 3.48. The van der Waals surface area contributed by atoms with E-state index in [4.69, 9.17) is 4.74 Å². The Labute approximate surface area is 231 Å². The molecular formula is C31H29FN4O4. The number of carbonyl (C=O) groups is 3. The Morgan fingerprint density at radius 3 is 2.70 bits per heavy atom. The van der Waals surface area contributed by atoms with Crippen molar-refractivity contribution >= 4 is 17.7 Å². The van der Waals surface area contributed by atoms with E-state index in [2.05, 4.69) is 33.4 Å². The molecule has 8 nitrogen and oxygen atoms in total. The fraction of sp³-hybridized carbons (Fsp3) is 0.355. The summed E-state index contributed by atoms with van der Waals surface area (Å²) >= 11 is 0. The minimum atomic E-state index is -0.689. The molecule has 1 spiro atoms. The first kappa shape index (κ1) is 25.0. The van der Waals surface area contributed by atoms with Crippen LogP contribution in [0.2, 0.25) is 0 Å². The van der Waals surface area contributed by atoms with Gasteiger partial charge in [0.1, 0.15) is 11.7 Å². The molecule has 0 saturated carbocycles. The van der Waals surface area contributed by atoms with Gasteiger partial charge in [0.05, 0.1) is 12.2 Å². The maximum Gasteiger partial charge on any atom is 0.255 e. The number of ether oxygens (including phenoxy) is 1. The highest BCUT2D eigenvalue weighted by molar-refractivity contribution is 6.05. The molecule has 7 rings (SSSR count). The topological polar surface area (TPSA) is 91.8 Å². The lowest BCUT2D eigenvalue weighted by molar-refractivity contribution is -0.136. The maximum atomic E-state index is 15.8. The van der Waals surface area contributed by atoms with E-state index in [1.165, 1.54) is 16.0 Å². The smallest absolute Gasteiger partial charge is 0.255 e. The monoisotopic (exact) mass is 540 g/mol. The van der Waals surface area contributed by atoms with Crippen LogP contribution >= 0.6 is 0 Å². The molecule has 3 aromatic rings. The van der Waals surface area contributed by atoms with Crippen molar-refractivity contribution in [3.05, 3.63) is 88.4 Å². The SMILES string of the molecule is O=C1CCC(N2Cc3cc(-c4nccc(CN5CCC6(CC5)OCc5ccccc56)c4F)ccc3C2=O)C(=O)N1. The lowest BCUT2D eigenvalue weighted by atomic mass is 9.84. The van der Waals surface area contributed by atoms with Crippen molar-refractivity contribution in [2.24, 2.45) is 0 Å². The fourth-order valence-corrected chi connectivity index (χ4v) is 6.64. The Balaban J connectivity index is 1.07. The van der Waals surface area contributed by atoms with Crippen molar-refractivity contribution in [3.63, 3.8) is 0 Å². The predicted octanol–water partition coefficient (Wildman–Crippen LogP) is 3.67. The number of carbonyl (C=O) groups excluding carboxylic acids is 3. The Morgan fingerprint density at radius 1 is 1.05 bits per heavy atom. The number of fused-ring (bicyclic) bond motifs is 3. The third-order valence-electron chi connectivity index (χ3n) is 8.84. The summed E-state index contributed by atoms with van der Waals surface area (Å²) in [6.07, 6.45) is 3.86. The summed E-state index contributed by atoms with van der Waals surface area (Å²) in [6.45, 7) is 2.98. The van der Waals surface area contributed by atoms with Gasteiger partial charge >= 0.3 is 0 Å². The van der Waals surface area contributed by atoms with Gasteiger partial charge in [-0.2, -0.15) is 0 Å². The first-order chi connectivity index (χ1) is 19.4. The first-order valence-electron chi connectivity index (χ1n) is 13.8. The highest BCUT2D eigenvalue weighted by Gasteiger charge is 2.42. The molecular weight excluding hydrogens is 511 g/mol. The number of nitrogens with zero attached hydrogens (tertiary/aromatic N) is 3. The normalized spacial score (nSPS) is 22.0. The van der Waals surface area contributed by atoms with Crippen molar-refractivity contribution in [1.29, 1.82) is 0 Å².